The fraction of sp³-hybridized carbons (Fsp3) is 0.182. The molecule has 0 aliphatic carbocycles. The molecule has 0 unspecified atom stereocenters. The molecule has 0 amide bonds. The highest BCUT2D eigenvalue weighted by Gasteiger charge is 2.09. The number of aromatic nitrogens is 1. The molecule has 1 heterocycles. The Kier molecular flexibility index (Phi) is 3.75. The minimum atomic E-state index is -0.384. The van der Waals surface area contributed by atoms with E-state index in [1.54, 1.807) is 13.1 Å². The lowest BCUT2D eigenvalue weighted by atomic mass is 10.3. The minimum Gasteiger partial charge on any atom is -0.417 e. The number of oxazole rings is 1. The smallest absolute Gasteiger partial charge is 0.399 e. The molecule has 0 fully saturated rings. The zero-order chi connectivity index (χ0) is 12.3. The van der Waals surface area contributed by atoms with Crippen molar-refractivity contribution in [1.82, 2.24) is 10.3 Å². The molecule has 0 saturated heterocycles. The van der Waals surface area contributed by atoms with Crippen LogP contribution in [0.15, 0.2) is 33.4 Å². The zero-order valence-electron chi connectivity index (χ0n) is 9.04. The van der Waals surface area contributed by atoms with Crippen molar-refractivity contribution < 1.29 is 13.5 Å². The number of hydrogen-bond acceptors (Lipinski definition) is 4. The molecular weight excluding hydrogens is 291 g/mol. The topological polar surface area (TPSA) is 47.3 Å². The van der Waals surface area contributed by atoms with Gasteiger partial charge in [0, 0.05) is 12.6 Å². The molecule has 0 aliphatic rings. The Morgan fingerprint density at radius 3 is 3.12 bits per heavy atom. The van der Waals surface area contributed by atoms with Crippen LogP contribution in [0.25, 0.3) is 0 Å². The molecule has 0 aliphatic heterocycles. The van der Waals surface area contributed by atoms with Crippen LogP contribution in [0.3, 0.4) is 0 Å². The predicted octanol–water partition coefficient (Wildman–Crippen LogP) is 3.09. The standard InChI is InChI=1S/C11H10BrFN2O2/c1-14-5-8-6-16-11(15-8)17-10-4-7(13)2-3-9(10)12/h2-4,6,14H,5H2,1H3. The summed E-state index contributed by atoms with van der Waals surface area (Å²) >= 11 is 3.25. The van der Waals surface area contributed by atoms with Gasteiger partial charge in [-0.25, -0.2) is 4.39 Å². The fourth-order valence-corrected chi connectivity index (χ4v) is 1.57. The van der Waals surface area contributed by atoms with Crippen LogP contribution < -0.4 is 10.1 Å². The molecule has 90 valence electrons. The van der Waals surface area contributed by atoms with E-state index >= 15 is 0 Å². The van der Waals surface area contributed by atoms with Crippen molar-refractivity contribution in [2.24, 2.45) is 0 Å². The van der Waals surface area contributed by atoms with Gasteiger partial charge in [-0.2, -0.15) is 4.98 Å². The average Bonchev–Trinajstić information content (AvgIpc) is 2.72. The molecular formula is C11H10BrFN2O2. The van der Waals surface area contributed by atoms with E-state index in [4.69, 9.17) is 9.15 Å². The molecule has 0 atom stereocenters. The first-order valence-corrected chi connectivity index (χ1v) is 5.70. The molecule has 2 rings (SSSR count). The summed E-state index contributed by atoms with van der Waals surface area (Å²) in [5.74, 6) is -0.0620. The van der Waals surface area contributed by atoms with Crippen molar-refractivity contribution in [3.8, 4) is 11.8 Å². The third-order valence-electron chi connectivity index (χ3n) is 1.98. The summed E-state index contributed by atoms with van der Waals surface area (Å²) < 4.78 is 24.1. The van der Waals surface area contributed by atoms with Gasteiger partial charge in [0.15, 0.2) is 0 Å². The van der Waals surface area contributed by atoms with Gasteiger partial charge in [0.2, 0.25) is 0 Å². The van der Waals surface area contributed by atoms with Crippen LogP contribution in [0.2, 0.25) is 0 Å². The summed E-state index contributed by atoms with van der Waals surface area (Å²) in [5.41, 5.74) is 0.718. The number of rotatable bonds is 4. The maximum absolute atomic E-state index is 13.0. The molecule has 0 saturated carbocycles. The van der Waals surface area contributed by atoms with Crippen LogP contribution in [0.1, 0.15) is 5.69 Å². The Balaban J connectivity index is 2.16. The SMILES string of the molecule is CNCc1coc(Oc2cc(F)ccc2Br)n1. The second-order valence-corrected chi connectivity index (χ2v) is 4.17. The molecule has 1 N–H and O–H groups in total. The van der Waals surface area contributed by atoms with Crippen LogP contribution in [0.4, 0.5) is 4.39 Å². The van der Waals surface area contributed by atoms with Crippen LogP contribution in [-0.4, -0.2) is 12.0 Å². The van der Waals surface area contributed by atoms with Gasteiger partial charge in [0.25, 0.3) is 0 Å². The van der Waals surface area contributed by atoms with E-state index in [-0.39, 0.29) is 11.9 Å². The number of benzene rings is 1. The molecule has 6 heteroatoms. The largest absolute Gasteiger partial charge is 0.417 e. The van der Waals surface area contributed by atoms with E-state index in [0.29, 0.717) is 16.8 Å². The summed E-state index contributed by atoms with van der Waals surface area (Å²) in [6.45, 7) is 0.581. The molecule has 17 heavy (non-hydrogen) atoms. The van der Waals surface area contributed by atoms with E-state index in [1.807, 2.05) is 0 Å². The van der Waals surface area contributed by atoms with Gasteiger partial charge in [0.1, 0.15) is 17.8 Å². The summed E-state index contributed by atoms with van der Waals surface area (Å²) in [6, 6.07) is 4.15. The Morgan fingerprint density at radius 2 is 2.35 bits per heavy atom. The number of halogens is 2. The Labute approximate surface area is 106 Å². The zero-order valence-corrected chi connectivity index (χ0v) is 10.6. The van der Waals surface area contributed by atoms with E-state index in [1.165, 1.54) is 18.4 Å². The van der Waals surface area contributed by atoms with Crippen LogP contribution in [-0.2, 0) is 6.54 Å². The molecule has 0 bridgehead atoms. The molecule has 1 aromatic heterocycles. The summed E-state index contributed by atoms with van der Waals surface area (Å²) in [7, 11) is 1.80. The van der Waals surface area contributed by atoms with Crippen molar-refractivity contribution in [1.29, 1.82) is 0 Å². The first-order valence-electron chi connectivity index (χ1n) is 4.91. The van der Waals surface area contributed by atoms with Gasteiger partial charge < -0.3 is 14.5 Å². The van der Waals surface area contributed by atoms with Crippen molar-refractivity contribution in [2.45, 2.75) is 6.54 Å². The Bertz CT molecular complexity index is 516. The fourth-order valence-electron chi connectivity index (χ4n) is 1.25. The van der Waals surface area contributed by atoms with Crippen molar-refractivity contribution in [3.63, 3.8) is 0 Å². The molecule has 1 aromatic carbocycles. The summed E-state index contributed by atoms with van der Waals surface area (Å²) in [5, 5.41) is 2.93. The van der Waals surface area contributed by atoms with Gasteiger partial charge in [-0.05, 0) is 35.1 Å². The number of hydrogen-bond donors (Lipinski definition) is 1. The monoisotopic (exact) mass is 300 g/mol. The molecule has 2 aromatic rings. The third kappa shape index (κ3) is 3.04. The van der Waals surface area contributed by atoms with Gasteiger partial charge in [0.05, 0.1) is 10.2 Å². The lowest BCUT2D eigenvalue weighted by molar-refractivity contribution is 0.328. The van der Waals surface area contributed by atoms with E-state index < -0.39 is 0 Å². The maximum atomic E-state index is 13.0. The van der Waals surface area contributed by atoms with Crippen LogP contribution in [0.5, 0.6) is 11.8 Å². The first kappa shape index (κ1) is 12.1. The lowest BCUT2D eigenvalue weighted by Gasteiger charge is -2.02. The van der Waals surface area contributed by atoms with E-state index in [9.17, 15) is 4.39 Å². The Morgan fingerprint density at radius 1 is 1.53 bits per heavy atom. The second-order valence-electron chi connectivity index (χ2n) is 3.31. The van der Waals surface area contributed by atoms with Crippen molar-refractivity contribution in [2.75, 3.05) is 7.05 Å². The molecule has 0 radical (unpaired) electrons. The van der Waals surface area contributed by atoms with Gasteiger partial charge in [-0.3, -0.25) is 0 Å². The van der Waals surface area contributed by atoms with Crippen LogP contribution in [0, 0.1) is 5.82 Å². The highest BCUT2D eigenvalue weighted by Crippen LogP contribution is 2.29. The summed E-state index contributed by atoms with van der Waals surface area (Å²) in [6.07, 6.45) is 1.57. The lowest BCUT2D eigenvalue weighted by Crippen LogP contribution is -2.04. The average molecular weight is 301 g/mol. The van der Waals surface area contributed by atoms with Gasteiger partial charge in [-0.1, -0.05) is 0 Å². The Hall–Kier alpha value is -1.40. The van der Waals surface area contributed by atoms with Gasteiger partial charge >= 0.3 is 6.08 Å². The third-order valence-corrected chi connectivity index (χ3v) is 2.63. The minimum absolute atomic E-state index is 0.0848. The highest BCUT2D eigenvalue weighted by atomic mass is 79.9. The maximum Gasteiger partial charge on any atom is 0.399 e. The first-order chi connectivity index (χ1) is 8.19. The van der Waals surface area contributed by atoms with E-state index in [0.717, 1.165) is 5.69 Å². The normalized spacial score (nSPS) is 10.5. The van der Waals surface area contributed by atoms with Crippen molar-refractivity contribution in [3.05, 3.63) is 40.4 Å². The summed E-state index contributed by atoms with van der Waals surface area (Å²) in [4.78, 5) is 4.07. The molecule has 4 nitrogen and oxygen atoms in total. The number of nitrogens with zero attached hydrogens (tertiary/aromatic N) is 1. The quantitative estimate of drug-likeness (QED) is 0.942. The predicted molar refractivity (Wildman–Crippen MR) is 63.4 cm³/mol. The second kappa shape index (κ2) is 5.29. The van der Waals surface area contributed by atoms with Crippen molar-refractivity contribution >= 4 is 15.9 Å². The molecule has 0 spiro atoms. The van der Waals surface area contributed by atoms with Crippen LogP contribution >= 0.6 is 15.9 Å². The number of nitrogens with one attached hydrogen (secondary N) is 1. The highest BCUT2D eigenvalue weighted by molar-refractivity contribution is 9.10. The van der Waals surface area contributed by atoms with Gasteiger partial charge in [-0.15, -0.1) is 0 Å². The van der Waals surface area contributed by atoms with E-state index in [2.05, 4.69) is 26.2 Å². The number of ether oxygens (including phenoxy) is 1.